The first-order valence-electron chi connectivity index (χ1n) is 5.82. The Balaban J connectivity index is 2.80. The van der Waals surface area contributed by atoms with E-state index in [1.807, 2.05) is 18.2 Å². The van der Waals surface area contributed by atoms with Crippen molar-refractivity contribution in [3.63, 3.8) is 0 Å². The highest BCUT2D eigenvalue weighted by Gasteiger charge is 2.08. The average molecular weight is 235 g/mol. The highest BCUT2D eigenvalue weighted by molar-refractivity contribution is 5.43. The van der Waals surface area contributed by atoms with Crippen LogP contribution in [0.5, 0.6) is 11.5 Å². The molecule has 3 heteroatoms. The molecule has 1 atom stereocenters. The molecule has 17 heavy (non-hydrogen) atoms. The van der Waals surface area contributed by atoms with Gasteiger partial charge in [0.25, 0.3) is 0 Å². The fourth-order valence-corrected chi connectivity index (χ4v) is 1.76. The molecule has 1 unspecified atom stereocenters. The van der Waals surface area contributed by atoms with Crippen LogP contribution in [0.1, 0.15) is 12.5 Å². The summed E-state index contributed by atoms with van der Waals surface area (Å²) in [5, 5.41) is 3.36. The van der Waals surface area contributed by atoms with E-state index >= 15 is 0 Å². The number of hydrogen-bond acceptors (Lipinski definition) is 3. The Hall–Kier alpha value is -1.48. The molecule has 0 radical (unpaired) electrons. The summed E-state index contributed by atoms with van der Waals surface area (Å²) < 4.78 is 10.5. The van der Waals surface area contributed by atoms with Gasteiger partial charge in [-0.1, -0.05) is 19.1 Å². The van der Waals surface area contributed by atoms with Gasteiger partial charge < -0.3 is 14.8 Å². The van der Waals surface area contributed by atoms with E-state index in [0.717, 1.165) is 24.5 Å². The fourth-order valence-electron chi connectivity index (χ4n) is 1.76. The molecule has 1 aromatic carbocycles. The van der Waals surface area contributed by atoms with Crippen molar-refractivity contribution in [3.8, 4) is 11.5 Å². The van der Waals surface area contributed by atoms with E-state index in [9.17, 15) is 0 Å². The van der Waals surface area contributed by atoms with Crippen molar-refractivity contribution in [1.82, 2.24) is 5.32 Å². The minimum absolute atomic E-state index is 0.290. The minimum atomic E-state index is 0.290. The van der Waals surface area contributed by atoms with Gasteiger partial charge in [0.05, 0.1) is 14.2 Å². The molecule has 0 aliphatic carbocycles. The minimum Gasteiger partial charge on any atom is -0.493 e. The van der Waals surface area contributed by atoms with Gasteiger partial charge in [-0.3, -0.25) is 0 Å². The Morgan fingerprint density at radius 1 is 1.29 bits per heavy atom. The maximum Gasteiger partial charge on any atom is 0.160 e. The van der Waals surface area contributed by atoms with Crippen molar-refractivity contribution in [2.75, 3.05) is 20.8 Å². The van der Waals surface area contributed by atoms with Crippen LogP contribution in [0, 0.1) is 0 Å². The SMILES string of the molecule is C=CC(Cc1ccc(OC)c(OC)c1)NCC. The third kappa shape index (κ3) is 3.79. The first-order valence-corrected chi connectivity index (χ1v) is 5.82. The predicted molar refractivity (Wildman–Crippen MR) is 70.9 cm³/mol. The third-order valence-electron chi connectivity index (χ3n) is 2.65. The first kappa shape index (κ1) is 13.6. The lowest BCUT2D eigenvalue weighted by atomic mass is 10.1. The summed E-state index contributed by atoms with van der Waals surface area (Å²) in [7, 11) is 3.29. The highest BCUT2D eigenvalue weighted by Crippen LogP contribution is 2.27. The largest absolute Gasteiger partial charge is 0.493 e. The summed E-state index contributed by atoms with van der Waals surface area (Å²) in [6.07, 6.45) is 2.83. The molecule has 0 heterocycles. The molecular weight excluding hydrogens is 214 g/mol. The maximum absolute atomic E-state index is 5.28. The number of rotatable bonds is 7. The van der Waals surface area contributed by atoms with E-state index in [-0.39, 0.29) is 6.04 Å². The molecule has 94 valence electrons. The van der Waals surface area contributed by atoms with Gasteiger partial charge in [0.2, 0.25) is 0 Å². The molecule has 0 fully saturated rings. The molecule has 0 bridgehead atoms. The lowest BCUT2D eigenvalue weighted by Gasteiger charge is -2.15. The zero-order valence-corrected chi connectivity index (χ0v) is 10.8. The van der Waals surface area contributed by atoms with E-state index < -0.39 is 0 Å². The molecule has 0 aromatic heterocycles. The molecule has 3 nitrogen and oxygen atoms in total. The monoisotopic (exact) mass is 235 g/mol. The zero-order chi connectivity index (χ0) is 12.7. The van der Waals surface area contributed by atoms with E-state index in [4.69, 9.17) is 9.47 Å². The summed E-state index contributed by atoms with van der Waals surface area (Å²) in [6.45, 7) is 6.86. The second-order valence-electron chi connectivity index (χ2n) is 3.79. The van der Waals surface area contributed by atoms with Crippen LogP contribution in [-0.4, -0.2) is 26.8 Å². The molecule has 0 saturated carbocycles. The number of benzene rings is 1. The quantitative estimate of drug-likeness (QED) is 0.736. The normalized spacial score (nSPS) is 11.9. The molecule has 1 aromatic rings. The van der Waals surface area contributed by atoms with Crippen LogP contribution >= 0.6 is 0 Å². The molecular formula is C14H21NO2. The Bertz CT molecular complexity index is 363. The second-order valence-corrected chi connectivity index (χ2v) is 3.79. The summed E-state index contributed by atoms with van der Waals surface area (Å²) in [5.74, 6) is 1.53. The molecule has 0 spiro atoms. The van der Waals surface area contributed by atoms with Crippen LogP contribution in [0.4, 0.5) is 0 Å². The third-order valence-corrected chi connectivity index (χ3v) is 2.65. The Morgan fingerprint density at radius 2 is 2.00 bits per heavy atom. The molecule has 0 aliphatic rings. The number of ether oxygens (including phenoxy) is 2. The van der Waals surface area contributed by atoms with Crippen LogP contribution in [0.25, 0.3) is 0 Å². The van der Waals surface area contributed by atoms with Crippen LogP contribution < -0.4 is 14.8 Å². The lowest BCUT2D eigenvalue weighted by molar-refractivity contribution is 0.354. The van der Waals surface area contributed by atoms with E-state index in [1.54, 1.807) is 14.2 Å². The van der Waals surface area contributed by atoms with Crippen molar-refractivity contribution in [2.45, 2.75) is 19.4 Å². The molecule has 1 N–H and O–H groups in total. The van der Waals surface area contributed by atoms with Crippen molar-refractivity contribution in [3.05, 3.63) is 36.4 Å². The van der Waals surface area contributed by atoms with Gasteiger partial charge in [0.1, 0.15) is 0 Å². The average Bonchev–Trinajstić information content (AvgIpc) is 2.38. The van der Waals surface area contributed by atoms with Gasteiger partial charge in [-0.05, 0) is 30.7 Å². The summed E-state index contributed by atoms with van der Waals surface area (Å²) in [4.78, 5) is 0. The van der Waals surface area contributed by atoms with E-state index in [1.165, 1.54) is 5.56 Å². The van der Waals surface area contributed by atoms with Crippen molar-refractivity contribution >= 4 is 0 Å². The molecule has 1 rings (SSSR count). The summed E-state index contributed by atoms with van der Waals surface area (Å²) >= 11 is 0. The topological polar surface area (TPSA) is 30.5 Å². The van der Waals surface area contributed by atoms with Gasteiger partial charge in [0, 0.05) is 6.04 Å². The van der Waals surface area contributed by atoms with Gasteiger partial charge in [-0.25, -0.2) is 0 Å². The second kappa shape index (κ2) is 6.97. The van der Waals surface area contributed by atoms with Crippen LogP contribution in [0.3, 0.4) is 0 Å². The van der Waals surface area contributed by atoms with E-state index in [2.05, 4.69) is 24.9 Å². The lowest BCUT2D eigenvalue weighted by Crippen LogP contribution is -2.28. The molecule has 0 amide bonds. The summed E-state index contributed by atoms with van der Waals surface area (Å²) in [5.41, 5.74) is 1.20. The Kier molecular flexibility index (Phi) is 5.57. The van der Waals surface area contributed by atoms with E-state index in [0.29, 0.717) is 0 Å². The van der Waals surface area contributed by atoms with Crippen LogP contribution in [0.15, 0.2) is 30.9 Å². The number of likely N-dealkylation sites (N-methyl/N-ethyl adjacent to an activating group) is 1. The number of methoxy groups -OCH3 is 2. The standard InChI is InChI=1S/C14H21NO2/c1-5-12(15-6-2)9-11-7-8-13(16-3)14(10-11)17-4/h5,7-8,10,12,15H,1,6,9H2,2-4H3. The Labute approximate surface area is 103 Å². The summed E-state index contributed by atoms with van der Waals surface area (Å²) in [6, 6.07) is 6.28. The van der Waals surface area contributed by atoms with Crippen LogP contribution in [0.2, 0.25) is 0 Å². The smallest absolute Gasteiger partial charge is 0.160 e. The molecule has 0 saturated heterocycles. The van der Waals surface area contributed by atoms with Gasteiger partial charge >= 0.3 is 0 Å². The zero-order valence-electron chi connectivity index (χ0n) is 10.8. The Morgan fingerprint density at radius 3 is 2.53 bits per heavy atom. The number of hydrogen-bond donors (Lipinski definition) is 1. The van der Waals surface area contributed by atoms with Crippen molar-refractivity contribution < 1.29 is 9.47 Å². The van der Waals surface area contributed by atoms with Gasteiger partial charge in [0.15, 0.2) is 11.5 Å². The molecule has 0 aliphatic heterocycles. The van der Waals surface area contributed by atoms with Gasteiger partial charge in [-0.15, -0.1) is 6.58 Å². The fraction of sp³-hybridized carbons (Fsp3) is 0.429. The predicted octanol–water partition coefficient (Wildman–Crippen LogP) is 2.41. The maximum atomic E-state index is 5.28. The first-order chi connectivity index (χ1) is 8.24. The van der Waals surface area contributed by atoms with Crippen molar-refractivity contribution in [2.24, 2.45) is 0 Å². The van der Waals surface area contributed by atoms with Crippen molar-refractivity contribution in [1.29, 1.82) is 0 Å². The van der Waals surface area contributed by atoms with Crippen LogP contribution in [-0.2, 0) is 6.42 Å². The highest BCUT2D eigenvalue weighted by atomic mass is 16.5. The number of nitrogens with one attached hydrogen (secondary N) is 1. The van der Waals surface area contributed by atoms with Gasteiger partial charge in [-0.2, -0.15) is 0 Å².